The van der Waals surface area contributed by atoms with E-state index in [0.717, 1.165) is 85.3 Å². The standard InChI is InChI=1S/C57H49N7/c1-6-40(41-13-15-44(16-14-41)57-61-30-31-62(57)56-38(4)32-36(2)33-39(56)5)34-37(3)45-21-26-49-48(35-45)53-50(10-7-27-58-53)63(49)46-22-17-42(18-23-46)43-19-24-47(25-20-43)64-51-11-8-28-59-54(51)55-52(64)12-9-29-60-55/h7-33,35,37,40H,6,34H2,1-5H3. The normalized spacial score (nSPS) is 12.8. The summed E-state index contributed by atoms with van der Waals surface area (Å²) in [6, 6.07) is 50.7. The molecule has 0 aliphatic heterocycles. The Balaban J connectivity index is 0.845. The fourth-order valence-electron chi connectivity index (χ4n) is 10.2. The van der Waals surface area contributed by atoms with Crippen molar-refractivity contribution in [3.05, 3.63) is 198 Å². The second-order valence-corrected chi connectivity index (χ2v) is 17.4. The van der Waals surface area contributed by atoms with Crippen molar-refractivity contribution in [3.63, 3.8) is 0 Å². The van der Waals surface area contributed by atoms with Crippen LogP contribution in [-0.4, -0.2) is 33.6 Å². The Kier molecular flexibility index (Phi) is 9.76. The van der Waals surface area contributed by atoms with E-state index in [1.54, 1.807) is 0 Å². The molecule has 6 heterocycles. The minimum atomic E-state index is 0.358. The zero-order chi connectivity index (χ0) is 43.5. The van der Waals surface area contributed by atoms with Gasteiger partial charge in [0.2, 0.25) is 0 Å². The first-order valence-electron chi connectivity index (χ1n) is 22.4. The molecule has 2 atom stereocenters. The van der Waals surface area contributed by atoms with Crippen LogP contribution in [0.25, 0.3) is 83.6 Å². The Bertz CT molecular complexity index is 3420. The fourth-order valence-corrected chi connectivity index (χ4v) is 10.2. The van der Waals surface area contributed by atoms with Gasteiger partial charge in [-0.2, -0.15) is 0 Å². The summed E-state index contributed by atoms with van der Waals surface area (Å²) in [6.45, 7) is 11.2. The second kappa shape index (κ2) is 15.9. The molecule has 0 spiro atoms. The zero-order valence-electron chi connectivity index (χ0n) is 36.9. The number of aromatic nitrogens is 7. The van der Waals surface area contributed by atoms with Gasteiger partial charge < -0.3 is 9.13 Å². The van der Waals surface area contributed by atoms with Gasteiger partial charge in [0.15, 0.2) is 0 Å². The molecule has 0 aliphatic carbocycles. The second-order valence-electron chi connectivity index (χ2n) is 17.4. The molecule has 5 aromatic carbocycles. The van der Waals surface area contributed by atoms with Crippen molar-refractivity contribution >= 4 is 44.0 Å². The third-order valence-corrected chi connectivity index (χ3v) is 13.3. The lowest BCUT2D eigenvalue weighted by atomic mass is 9.84. The van der Waals surface area contributed by atoms with E-state index in [1.165, 1.54) is 38.9 Å². The summed E-state index contributed by atoms with van der Waals surface area (Å²) >= 11 is 0. The Morgan fingerprint density at radius 1 is 0.500 bits per heavy atom. The summed E-state index contributed by atoms with van der Waals surface area (Å²) in [7, 11) is 0. The third kappa shape index (κ3) is 6.67. The highest BCUT2D eigenvalue weighted by Gasteiger charge is 2.20. The van der Waals surface area contributed by atoms with Crippen LogP contribution in [0.4, 0.5) is 0 Å². The molecule has 0 saturated heterocycles. The van der Waals surface area contributed by atoms with Crippen molar-refractivity contribution in [3.8, 4) is 39.6 Å². The molecule has 0 amide bonds. The average molecular weight is 832 g/mol. The number of hydrogen-bond donors (Lipinski definition) is 0. The molecule has 0 N–H and O–H groups in total. The van der Waals surface area contributed by atoms with Gasteiger partial charge in [-0.25, -0.2) is 4.98 Å². The lowest BCUT2D eigenvalue weighted by molar-refractivity contribution is 0.545. The summed E-state index contributed by atoms with van der Waals surface area (Å²) in [5, 5.41) is 1.18. The minimum Gasteiger partial charge on any atom is -0.308 e. The van der Waals surface area contributed by atoms with Crippen molar-refractivity contribution in [2.45, 2.75) is 59.3 Å². The summed E-state index contributed by atoms with van der Waals surface area (Å²) < 4.78 is 6.83. The molecule has 0 bridgehead atoms. The van der Waals surface area contributed by atoms with Crippen molar-refractivity contribution in [2.24, 2.45) is 0 Å². The quantitative estimate of drug-likeness (QED) is 0.138. The van der Waals surface area contributed by atoms with Gasteiger partial charge in [-0.15, -0.1) is 0 Å². The number of hydrogen-bond acceptors (Lipinski definition) is 4. The van der Waals surface area contributed by atoms with E-state index in [1.807, 2.05) is 43.0 Å². The van der Waals surface area contributed by atoms with Gasteiger partial charge in [-0.1, -0.05) is 86.1 Å². The lowest BCUT2D eigenvalue weighted by Gasteiger charge is -2.21. The Morgan fingerprint density at radius 2 is 1.02 bits per heavy atom. The molecule has 64 heavy (non-hydrogen) atoms. The van der Waals surface area contributed by atoms with Gasteiger partial charge in [0.25, 0.3) is 0 Å². The molecule has 6 aromatic heterocycles. The van der Waals surface area contributed by atoms with E-state index in [0.29, 0.717) is 11.8 Å². The highest BCUT2D eigenvalue weighted by atomic mass is 15.1. The van der Waals surface area contributed by atoms with E-state index < -0.39 is 0 Å². The number of fused-ring (bicyclic) bond motifs is 6. The average Bonchev–Trinajstić information content (AvgIpc) is 4.03. The molecular formula is C57H49N7. The van der Waals surface area contributed by atoms with Gasteiger partial charge in [-0.05, 0) is 152 Å². The number of imidazole rings is 1. The maximum absolute atomic E-state index is 4.94. The predicted octanol–water partition coefficient (Wildman–Crippen LogP) is 14.2. The number of benzene rings is 5. The fraction of sp³-hybridized carbons (Fsp3) is 0.158. The van der Waals surface area contributed by atoms with E-state index in [4.69, 9.17) is 9.97 Å². The summed E-state index contributed by atoms with van der Waals surface area (Å²) in [5.74, 6) is 1.76. The van der Waals surface area contributed by atoms with Gasteiger partial charge in [0, 0.05) is 53.3 Å². The molecule has 11 aromatic rings. The Labute approximate surface area is 373 Å². The number of aryl methyl sites for hydroxylation is 3. The molecule has 0 aliphatic rings. The van der Waals surface area contributed by atoms with Crippen LogP contribution in [0.3, 0.4) is 0 Å². The van der Waals surface area contributed by atoms with Crippen LogP contribution < -0.4 is 0 Å². The van der Waals surface area contributed by atoms with Crippen LogP contribution in [0.2, 0.25) is 0 Å². The van der Waals surface area contributed by atoms with E-state index in [9.17, 15) is 0 Å². The molecule has 2 unspecified atom stereocenters. The van der Waals surface area contributed by atoms with E-state index in [-0.39, 0.29) is 0 Å². The van der Waals surface area contributed by atoms with Crippen LogP contribution in [-0.2, 0) is 0 Å². The topological polar surface area (TPSA) is 66.3 Å². The summed E-state index contributed by atoms with van der Waals surface area (Å²) in [4.78, 5) is 19.1. The molecular weight excluding hydrogens is 783 g/mol. The first kappa shape index (κ1) is 39.2. The third-order valence-electron chi connectivity index (χ3n) is 13.3. The lowest BCUT2D eigenvalue weighted by Crippen LogP contribution is -2.05. The molecule has 7 nitrogen and oxygen atoms in total. The molecule has 7 heteroatoms. The van der Waals surface area contributed by atoms with Gasteiger partial charge in [0.1, 0.15) is 16.9 Å². The summed E-state index contributed by atoms with van der Waals surface area (Å²) in [5.41, 5.74) is 20.6. The largest absolute Gasteiger partial charge is 0.308 e. The van der Waals surface area contributed by atoms with Crippen LogP contribution in [0.15, 0.2) is 171 Å². The smallest absolute Gasteiger partial charge is 0.144 e. The predicted molar refractivity (Wildman–Crippen MR) is 263 cm³/mol. The minimum absolute atomic E-state index is 0.358. The maximum Gasteiger partial charge on any atom is 0.144 e. The molecule has 0 saturated carbocycles. The van der Waals surface area contributed by atoms with Crippen LogP contribution in [0.5, 0.6) is 0 Å². The number of nitrogens with zero attached hydrogens (tertiary/aromatic N) is 7. The monoisotopic (exact) mass is 831 g/mol. The van der Waals surface area contributed by atoms with Crippen LogP contribution >= 0.6 is 0 Å². The summed E-state index contributed by atoms with van der Waals surface area (Å²) in [6.07, 6.45) is 11.7. The van der Waals surface area contributed by atoms with E-state index in [2.05, 4.69) is 186 Å². The van der Waals surface area contributed by atoms with Gasteiger partial charge >= 0.3 is 0 Å². The number of rotatable bonds is 10. The highest BCUT2D eigenvalue weighted by Crippen LogP contribution is 2.38. The zero-order valence-corrected chi connectivity index (χ0v) is 36.9. The first-order valence-corrected chi connectivity index (χ1v) is 22.4. The molecule has 312 valence electrons. The Hall–Kier alpha value is -7.64. The molecule has 11 rings (SSSR count). The van der Waals surface area contributed by atoms with E-state index >= 15 is 0 Å². The van der Waals surface area contributed by atoms with Gasteiger partial charge in [-0.3, -0.25) is 19.5 Å². The highest BCUT2D eigenvalue weighted by molar-refractivity contribution is 6.07. The number of pyridine rings is 3. The maximum atomic E-state index is 4.94. The SMILES string of the molecule is CCC(CC(C)c1ccc2c(c1)c1ncccc1n2-c1ccc(-c2ccc(-n3c4cccnc4c4ncccc43)cc2)cc1)c1ccc(-c2nccn2-c2c(C)cc(C)cc2C)cc1. The van der Waals surface area contributed by atoms with Crippen LogP contribution in [0.1, 0.15) is 66.3 Å². The van der Waals surface area contributed by atoms with Gasteiger partial charge in [0.05, 0.1) is 33.3 Å². The van der Waals surface area contributed by atoms with Crippen molar-refractivity contribution in [1.29, 1.82) is 0 Å². The first-order chi connectivity index (χ1) is 31.3. The molecule has 0 radical (unpaired) electrons. The van der Waals surface area contributed by atoms with Crippen molar-refractivity contribution < 1.29 is 0 Å². The molecule has 0 fully saturated rings. The Morgan fingerprint density at radius 3 is 1.59 bits per heavy atom. The van der Waals surface area contributed by atoms with Crippen LogP contribution in [0, 0.1) is 20.8 Å². The van der Waals surface area contributed by atoms with Crippen molar-refractivity contribution in [1.82, 2.24) is 33.6 Å². The van der Waals surface area contributed by atoms with Crippen molar-refractivity contribution in [2.75, 3.05) is 0 Å².